The molecule has 0 bridgehead atoms. The molecule has 0 fully saturated rings. The van der Waals surface area contributed by atoms with E-state index in [2.05, 4.69) is 10.3 Å². The number of anilines is 1. The van der Waals surface area contributed by atoms with Crippen molar-refractivity contribution in [3.63, 3.8) is 0 Å². The summed E-state index contributed by atoms with van der Waals surface area (Å²) in [7, 11) is 0. The number of aromatic carboxylic acids is 1. The Balaban J connectivity index is 2.14. The summed E-state index contributed by atoms with van der Waals surface area (Å²) in [5.74, 6) is -4.02. The normalized spacial score (nSPS) is 10.1. The van der Waals surface area contributed by atoms with E-state index in [1.54, 1.807) is 0 Å². The maximum Gasteiger partial charge on any atom is 0.354 e. The molecule has 7 heteroatoms. The Bertz CT molecular complexity index is 672. The minimum absolute atomic E-state index is 0.0637. The van der Waals surface area contributed by atoms with Gasteiger partial charge in [-0.2, -0.15) is 0 Å². The summed E-state index contributed by atoms with van der Waals surface area (Å²) in [4.78, 5) is 26.0. The number of carboxylic acid groups (broad SMARTS) is 1. The number of carbonyl (C=O) groups excluding carboxylic acids is 1. The molecule has 0 aliphatic rings. The van der Waals surface area contributed by atoms with Gasteiger partial charge in [-0.05, 0) is 30.3 Å². The van der Waals surface area contributed by atoms with E-state index >= 15 is 0 Å². The second kappa shape index (κ2) is 5.43. The Labute approximate surface area is 111 Å². The summed E-state index contributed by atoms with van der Waals surface area (Å²) in [6, 6.07) is 5.30. The number of halogens is 2. The lowest BCUT2D eigenvalue weighted by atomic mass is 10.2. The molecule has 0 spiro atoms. The van der Waals surface area contributed by atoms with Crippen LogP contribution in [0.3, 0.4) is 0 Å². The number of hydrogen-bond donors (Lipinski definition) is 2. The van der Waals surface area contributed by atoms with Gasteiger partial charge in [0, 0.05) is 5.56 Å². The van der Waals surface area contributed by atoms with E-state index in [4.69, 9.17) is 5.11 Å². The van der Waals surface area contributed by atoms with Crippen LogP contribution in [-0.2, 0) is 0 Å². The van der Waals surface area contributed by atoms with Gasteiger partial charge in [0.2, 0.25) is 0 Å². The van der Waals surface area contributed by atoms with Crippen LogP contribution < -0.4 is 5.32 Å². The number of nitrogens with zero attached hydrogens (tertiary/aromatic N) is 1. The van der Waals surface area contributed by atoms with Crippen LogP contribution in [0, 0.1) is 11.6 Å². The van der Waals surface area contributed by atoms with Crippen LogP contribution in [0.4, 0.5) is 14.5 Å². The van der Waals surface area contributed by atoms with E-state index < -0.39 is 23.5 Å². The lowest BCUT2D eigenvalue weighted by Crippen LogP contribution is -2.13. The minimum Gasteiger partial charge on any atom is -0.477 e. The van der Waals surface area contributed by atoms with Gasteiger partial charge >= 0.3 is 5.97 Å². The monoisotopic (exact) mass is 278 g/mol. The highest BCUT2D eigenvalue weighted by molar-refractivity contribution is 6.04. The molecule has 0 radical (unpaired) electrons. The summed E-state index contributed by atoms with van der Waals surface area (Å²) in [6.07, 6.45) is 1.15. The molecule has 2 N–H and O–H groups in total. The molecule has 1 amide bonds. The van der Waals surface area contributed by atoms with Gasteiger partial charge in [-0.1, -0.05) is 0 Å². The number of benzene rings is 1. The van der Waals surface area contributed by atoms with Crippen LogP contribution >= 0.6 is 0 Å². The Hall–Kier alpha value is -2.83. The van der Waals surface area contributed by atoms with Crippen molar-refractivity contribution in [2.24, 2.45) is 0 Å². The van der Waals surface area contributed by atoms with Crippen molar-refractivity contribution < 1.29 is 23.5 Å². The lowest BCUT2D eigenvalue weighted by Gasteiger charge is -2.05. The van der Waals surface area contributed by atoms with Crippen molar-refractivity contribution in [2.45, 2.75) is 0 Å². The van der Waals surface area contributed by atoms with Gasteiger partial charge in [0.25, 0.3) is 5.91 Å². The first-order valence-electron chi connectivity index (χ1n) is 5.43. The summed E-state index contributed by atoms with van der Waals surface area (Å²) >= 11 is 0. The van der Waals surface area contributed by atoms with Crippen LogP contribution in [0.1, 0.15) is 20.8 Å². The number of rotatable bonds is 3. The van der Waals surface area contributed by atoms with E-state index in [9.17, 15) is 18.4 Å². The molecule has 1 aromatic heterocycles. The highest BCUT2D eigenvalue weighted by Gasteiger charge is 2.11. The maximum atomic E-state index is 13.0. The third-order valence-electron chi connectivity index (χ3n) is 2.42. The van der Waals surface area contributed by atoms with E-state index in [0.717, 1.165) is 24.4 Å². The Morgan fingerprint density at radius 2 is 1.85 bits per heavy atom. The van der Waals surface area contributed by atoms with E-state index in [0.29, 0.717) is 0 Å². The largest absolute Gasteiger partial charge is 0.477 e. The second-order valence-corrected chi connectivity index (χ2v) is 3.82. The Morgan fingerprint density at radius 1 is 1.10 bits per heavy atom. The van der Waals surface area contributed by atoms with Crippen molar-refractivity contribution >= 4 is 17.6 Å². The first-order chi connectivity index (χ1) is 9.47. The molecule has 2 aromatic rings. The minimum atomic E-state index is -1.19. The van der Waals surface area contributed by atoms with E-state index in [-0.39, 0.29) is 16.9 Å². The molecule has 1 aromatic carbocycles. The fraction of sp³-hybridized carbons (Fsp3) is 0. The molecule has 0 aliphatic heterocycles. The first kappa shape index (κ1) is 13.6. The van der Waals surface area contributed by atoms with Crippen molar-refractivity contribution in [3.8, 4) is 0 Å². The second-order valence-electron chi connectivity index (χ2n) is 3.82. The molecular weight excluding hydrogens is 270 g/mol. The predicted octanol–water partition coefficient (Wildman–Crippen LogP) is 2.31. The van der Waals surface area contributed by atoms with Crippen LogP contribution in [0.5, 0.6) is 0 Å². The number of amides is 1. The van der Waals surface area contributed by atoms with E-state index in [1.807, 2.05) is 0 Å². The molecule has 0 unspecified atom stereocenters. The average molecular weight is 278 g/mol. The van der Waals surface area contributed by atoms with Crippen molar-refractivity contribution in [1.29, 1.82) is 0 Å². The molecule has 20 heavy (non-hydrogen) atoms. The third-order valence-corrected chi connectivity index (χ3v) is 2.42. The highest BCUT2D eigenvalue weighted by Crippen LogP contribution is 2.12. The summed E-state index contributed by atoms with van der Waals surface area (Å²) in [6.45, 7) is 0. The first-order valence-corrected chi connectivity index (χ1v) is 5.43. The zero-order valence-corrected chi connectivity index (χ0v) is 9.93. The lowest BCUT2D eigenvalue weighted by molar-refractivity contribution is 0.0690. The third kappa shape index (κ3) is 2.94. The number of carboxylic acids is 1. The Morgan fingerprint density at radius 3 is 2.40 bits per heavy atom. The van der Waals surface area contributed by atoms with E-state index in [1.165, 1.54) is 12.1 Å². The summed E-state index contributed by atoms with van der Waals surface area (Å²) in [5.41, 5.74) is 0.00627. The summed E-state index contributed by atoms with van der Waals surface area (Å²) in [5, 5.41) is 11.1. The van der Waals surface area contributed by atoms with Gasteiger partial charge in [-0.3, -0.25) is 4.79 Å². The Kier molecular flexibility index (Phi) is 3.69. The average Bonchev–Trinajstić information content (AvgIpc) is 2.42. The number of carbonyl (C=O) groups is 2. The molecule has 102 valence electrons. The number of aromatic nitrogens is 1. The molecule has 0 atom stereocenters. The van der Waals surface area contributed by atoms with Crippen molar-refractivity contribution in [1.82, 2.24) is 4.98 Å². The van der Waals surface area contributed by atoms with Crippen LogP contribution in [-0.4, -0.2) is 22.0 Å². The molecule has 2 rings (SSSR count). The van der Waals surface area contributed by atoms with Gasteiger partial charge in [-0.15, -0.1) is 0 Å². The molecule has 1 heterocycles. The van der Waals surface area contributed by atoms with Gasteiger partial charge < -0.3 is 10.4 Å². The standard InChI is InChI=1S/C13H8F2N2O3/c14-9-3-1-7(5-10(9)15)12(18)17-8-2-4-11(13(19)20)16-6-8/h1-6H,(H,17,18)(H,19,20). The molecule has 0 saturated heterocycles. The molecule has 5 nitrogen and oxygen atoms in total. The fourth-order valence-corrected chi connectivity index (χ4v) is 1.43. The fourth-order valence-electron chi connectivity index (χ4n) is 1.43. The van der Waals surface area contributed by atoms with Gasteiger partial charge in [0.15, 0.2) is 11.6 Å². The SMILES string of the molecule is O=C(Nc1ccc(C(=O)O)nc1)c1ccc(F)c(F)c1. The zero-order valence-electron chi connectivity index (χ0n) is 9.93. The number of hydrogen-bond acceptors (Lipinski definition) is 3. The van der Waals surface area contributed by atoms with Crippen molar-refractivity contribution in [2.75, 3.05) is 5.32 Å². The van der Waals surface area contributed by atoms with Crippen molar-refractivity contribution in [3.05, 3.63) is 59.4 Å². The zero-order chi connectivity index (χ0) is 14.7. The summed E-state index contributed by atoms with van der Waals surface area (Å²) < 4.78 is 25.7. The maximum absolute atomic E-state index is 13.0. The smallest absolute Gasteiger partial charge is 0.354 e. The van der Waals surface area contributed by atoms with Crippen LogP contribution in [0.2, 0.25) is 0 Å². The molecular formula is C13H8F2N2O3. The highest BCUT2D eigenvalue weighted by atomic mass is 19.2. The topological polar surface area (TPSA) is 79.3 Å². The van der Waals surface area contributed by atoms with Crippen LogP contribution in [0.25, 0.3) is 0 Å². The van der Waals surface area contributed by atoms with Gasteiger partial charge in [0.05, 0.1) is 11.9 Å². The quantitative estimate of drug-likeness (QED) is 0.903. The number of pyridine rings is 1. The molecule has 0 saturated carbocycles. The number of nitrogens with one attached hydrogen (secondary N) is 1. The van der Waals surface area contributed by atoms with Gasteiger partial charge in [-0.25, -0.2) is 18.6 Å². The molecule has 0 aliphatic carbocycles. The van der Waals surface area contributed by atoms with Crippen LogP contribution in [0.15, 0.2) is 36.5 Å². The predicted molar refractivity (Wildman–Crippen MR) is 65.5 cm³/mol. The van der Waals surface area contributed by atoms with Gasteiger partial charge in [0.1, 0.15) is 5.69 Å².